The zero-order chi connectivity index (χ0) is 14.4. The van der Waals surface area contributed by atoms with E-state index in [9.17, 15) is 4.39 Å². The zero-order valence-corrected chi connectivity index (χ0v) is 11.9. The third-order valence-corrected chi connectivity index (χ3v) is 4.11. The van der Waals surface area contributed by atoms with Gasteiger partial charge in [-0.25, -0.2) is 4.39 Å². The first-order valence-corrected chi connectivity index (χ1v) is 7.24. The monoisotopic (exact) mass is 285 g/mol. The molecule has 0 amide bonds. The minimum absolute atomic E-state index is 0.241. The molecule has 4 rings (SSSR count). The van der Waals surface area contributed by atoms with E-state index in [-0.39, 0.29) is 5.82 Å². The van der Waals surface area contributed by atoms with Crippen LogP contribution in [0.2, 0.25) is 0 Å². The van der Waals surface area contributed by atoms with Crippen LogP contribution in [0.3, 0.4) is 0 Å². The quantitative estimate of drug-likeness (QED) is 0.744. The van der Waals surface area contributed by atoms with Gasteiger partial charge < -0.3 is 4.90 Å². The zero-order valence-electron chi connectivity index (χ0n) is 11.9. The van der Waals surface area contributed by atoms with Gasteiger partial charge in [-0.1, -0.05) is 0 Å². The molecule has 0 bridgehead atoms. The van der Waals surface area contributed by atoms with Crippen molar-refractivity contribution in [2.45, 2.75) is 26.3 Å². The highest BCUT2D eigenvalue weighted by Gasteiger charge is 2.25. The third kappa shape index (κ3) is 1.93. The fourth-order valence-electron chi connectivity index (χ4n) is 3.13. The Morgan fingerprint density at radius 1 is 1.14 bits per heavy atom. The maximum Gasteiger partial charge on any atom is 0.159 e. The summed E-state index contributed by atoms with van der Waals surface area (Å²) in [5, 5.41) is 8.31. The van der Waals surface area contributed by atoms with Gasteiger partial charge in [0.15, 0.2) is 5.82 Å². The van der Waals surface area contributed by atoms with Gasteiger partial charge in [-0.3, -0.25) is 9.56 Å². The Labute approximate surface area is 122 Å². The molecule has 1 aromatic heterocycles. The van der Waals surface area contributed by atoms with Gasteiger partial charge >= 0.3 is 0 Å². The Bertz CT molecular complexity index is 728. The fourth-order valence-corrected chi connectivity index (χ4v) is 3.13. The van der Waals surface area contributed by atoms with E-state index in [0.29, 0.717) is 6.54 Å². The molecule has 0 saturated carbocycles. The Morgan fingerprint density at radius 3 is 2.76 bits per heavy atom. The highest BCUT2D eigenvalue weighted by molar-refractivity contribution is 6.02. The lowest BCUT2D eigenvalue weighted by Gasteiger charge is -2.21. The number of amidine groups is 1. The molecule has 2 aromatic rings. The SMILES string of the molecule is Cc1nnc2n1-c1ccc(F)cc1C(N1CCCC1)=NC2. The highest BCUT2D eigenvalue weighted by atomic mass is 19.1. The second-order valence-corrected chi connectivity index (χ2v) is 5.49. The number of hydrogen-bond donors (Lipinski definition) is 0. The van der Waals surface area contributed by atoms with Crippen molar-refractivity contribution >= 4 is 5.84 Å². The van der Waals surface area contributed by atoms with Crippen molar-refractivity contribution in [3.63, 3.8) is 0 Å². The van der Waals surface area contributed by atoms with Gasteiger partial charge in [-0.2, -0.15) is 0 Å². The highest BCUT2D eigenvalue weighted by Crippen LogP contribution is 2.26. The van der Waals surface area contributed by atoms with Crippen LogP contribution in [0.1, 0.15) is 30.1 Å². The van der Waals surface area contributed by atoms with E-state index in [0.717, 1.165) is 54.7 Å². The van der Waals surface area contributed by atoms with Crippen molar-refractivity contribution in [1.29, 1.82) is 0 Å². The smallest absolute Gasteiger partial charge is 0.159 e. The van der Waals surface area contributed by atoms with E-state index in [2.05, 4.69) is 15.1 Å². The minimum atomic E-state index is -0.241. The number of aryl methyl sites for hydroxylation is 1. The topological polar surface area (TPSA) is 46.3 Å². The Balaban J connectivity index is 1.94. The minimum Gasteiger partial charge on any atom is -0.356 e. The number of nitrogens with zero attached hydrogens (tertiary/aromatic N) is 5. The van der Waals surface area contributed by atoms with Gasteiger partial charge in [0.2, 0.25) is 0 Å². The van der Waals surface area contributed by atoms with Crippen molar-refractivity contribution < 1.29 is 4.39 Å². The summed E-state index contributed by atoms with van der Waals surface area (Å²) < 4.78 is 15.7. The van der Waals surface area contributed by atoms with Gasteiger partial charge in [0, 0.05) is 18.7 Å². The molecular formula is C15H16FN5. The second kappa shape index (κ2) is 4.65. The molecule has 0 aliphatic carbocycles. The average Bonchev–Trinajstić information content (AvgIpc) is 3.08. The molecule has 0 N–H and O–H groups in total. The Hall–Kier alpha value is -2.24. The number of benzene rings is 1. The summed E-state index contributed by atoms with van der Waals surface area (Å²) in [6, 6.07) is 4.84. The first kappa shape index (κ1) is 12.5. The summed E-state index contributed by atoms with van der Waals surface area (Å²) >= 11 is 0. The Morgan fingerprint density at radius 2 is 1.95 bits per heavy atom. The number of rotatable bonds is 0. The van der Waals surface area contributed by atoms with Crippen LogP contribution in [0.25, 0.3) is 5.69 Å². The molecule has 0 spiro atoms. The fraction of sp³-hybridized carbons (Fsp3) is 0.400. The molecule has 1 fully saturated rings. The van der Waals surface area contributed by atoms with Crippen LogP contribution in [0, 0.1) is 12.7 Å². The summed E-state index contributed by atoms with van der Waals surface area (Å²) in [5.74, 6) is 2.24. The number of aromatic nitrogens is 3. The molecular weight excluding hydrogens is 269 g/mol. The predicted molar refractivity (Wildman–Crippen MR) is 77.1 cm³/mol. The average molecular weight is 285 g/mol. The number of halogens is 1. The summed E-state index contributed by atoms with van der Waals surface area (Å²) in [7, 11) is 0. The number of aliphatic imine (C=N–C) groups is 1. The predicted octanol–water partition coefficient (Wildman–Crippen LogP) is 2.07. The molecule has 6 heteroatoms. The maximum atomic E-state index is 13.8. The summed E-state index contributed by atoms with van der Waals surface area (Å²) in [5.41, 5.74) is 1.75. The van der Waals surface area contributed by atoms with E-state index < -0.39 is 0 Å². The maximum absolute atomic E-state index is 13.8. The van der Waals surface area contributed by atoms with Crippen LogP contribution >= 0.6 is 0 Å². The first-order chi connectivity index (χ1) is 10.2. The summed E-state index contributed by atoms with van der Waals surface area (Å²) in [6.45, 7) is 4.34. The molecule has 0 atom stereocenters. The summed E-state index contributed by atoms with van der Waals surface area (Å²) in [6.07, 6.45) is 2.32. The second-order valence-electron chi connectivity index (χ2n) is 5.49. The van der Waals surface area contributed by atoms with E-state index in [1.54, 1.807) is 12.1 Å². The molecule has 0 unspecified atom stereocenters. The molecule has 108 valence electrons. The van der Waals surface area contributed by atoms with Crippen LogP contribution in [0.4, 0.5) is 4.39 Å². The Kier molecular flexibility index (Phi) is 2.77. The van der Waals surface area contributed by atoms with Crippen molar-refractivity contribution in [3.8, 4) is 5.69 Å². The third-order valence-electron chi connectivity index (χ3n) is 4.11. The van der Waals surface area contributed by atoms with Gasteiger partial charge in [0.05, 0.1) is 5.69 Å². The number of hydrogen-bond acceptors (Lipinski definition) is 4. The molecule has 0 radical (unpaired) electrons. The molecule has 1 saturated heterocycles. The molecule has 2 aliphatic heterocycles. The largest absolute Gasteiger partial charge is 0.356 e. The molecule has 5 nitrogen and oxygen atoms in total. The van der Waals surface area contributed by atoms with Gasteiger partial charge in [-0.05, 0) is 38.0 Å². The standard InChI is InChI=1S/C15H16FN5/c1-10-18-19-14-9-17-15(20-6-2-3-7-20)12-8-11(16)4-5-13(12)21(10)14/h4-5,8H,2-3,6-7,9H2,1H3. The van der Waals surface area contributed by atoms with Gasteiger partial charge in [-0.15, -0.1) is 10.2 Å². The van der Waals surface area contributed by atoms with Crippen LogP contribution in [0.15, 0.2) is 23.2 Å². The lowest BCUT2D eigenvalue weighted by molar-refractivity contribution is 0.517. The van der Waals surface area contributed by atoms with Gasteiger partial charge in [0.25, 0.3) is 0 Å². The van der Waals surface area contributed by atoms with Crippen molar-refractivity contribution in [2.75, 3.05) is 13.1 Å². The van der Waals surface area contributed by atoms with Gasteiger partial charge in [0.1, 0.15) is 24.0 Å². The number of likely N-dealkylation sites (tertiary alicyclic amines) is 1. The molecule has 3 heterocycles. The van der Waals surface area contributed by atoms with E-state index in [4.69, 9.17) is 4.99 Å². The lowest BCUT2D eigenvalue weighted by Crippen LogP contribution is -2.29. The summed E-state index contributed by atoms with van der Waals surface area (Å²) in [4.78, 5) is 6.94. The molecule has 2 aliphatic rings. The van der Waals surface area contributed by atoms with E-state index in [1.807, 2.05) is 11.5 Å². The normalized spacial score (nSPS) is 17.2. The van der Waals surface area contributed by atoms with Crippen molar-refractivity contribution in [3.05, 3.63) is 41.2 Å². The first-order valence-electron chi connectivity index (χ1n) is 7.24. The van der Waals surface area contributed by atoms with Crippen molar-refractivity contribution in [1.82, 2.24) is 19.7 Å². The van der Waals surface area contributed by atoms with Crippen LogP contribution in [-0.4, -0.2) is 38.6 Å². The van der Waals surface area contributed by atoms with E-state index >= 15 is 0 Å². The van der Waals surface area contributed by atoms with E-state index in [1.165, 1.54) is 6.07 Å². The van der Waals surface area contributed by atoms with Crippen LogP contribution < -0.4 is 0 Å². The van der Waals surface area contributed by atoms with Crippen LogP contribution in [-0.2, 0) is 6.54 Å². The lowest BCUT2D eigenvalue weighted by atomic mass is 10.1. The molecule has 1 aromatic carbocycles. The number of fused-ring (bicyclic) bond motifs is 3. The van der Waals surface area contributed by atoms with Crippen molar-refractivity contribution in [2.24, 2.45) is 4.99 Å². The van der Waals surface area contributed by atoms with Crippen LogP contribution in [0.5, 0.6) is 0 Å². The molecule has 21 heavy (non-hydrogen) atoms.